The van der Waals surface area contributed by atoms with Gasteiger partial charge in [-0.1, -0.05) is 18.2 Å². The van der Waals surface area contributed by atoms with Crippen LogP contribution in [0.5, 0.6) is 0 Å². The lowest BCUT2D eigenvalue weighted by atomic mass is 10.1. The summed E-state index contributed by atoms with van der Waals surface area (Å²) < 4.78 is 12.0. The molecule has 0 radical (unpaired) electrons. The third kappa shape index (κ3) is 5.27. The number of carbonyl (C=O) groups is 3. The Bertz CT molecular complexity index is 1330. The molecule has 0 atom stereocenters. The second-order valence-electron chi connectivity index (χ2n) is 7.55. The number of hydrogen-bond donors (Lipinski definition) is 1. The van der Waals surface area contributed by atoms with E-state index in [0.717, 1.165) is 0 Å². The first-order chi connectivity index (χ1) is 17.0. The molecule has 0 aliphatic rings. The molecule has 10 heteroatoms. The van der Waals surface area contributed by atoms with Gasteiger partial charge >= 0.3 is 5.97 Å². The van der Waals surface area contributed by atoms with Crippen molar-refractivity contribution in [1.29, 1.82) is 0 Å². The number of furan rings is 1. The van der Waals surface area contributed by atoms with Crippen LogP contribution in [0, 0.1) is 6.92 Å². The van der Waals surface area contributed by atoms with Gasteiger partial charge in [-0.05, 0) is 43.3 Å². The fraction of sp³-hybridized carbons (Fsp3) is 0.160. The van der Waals surface area contributed by atoms with Gasteiger partial charge in [-0.25, -0.2) is 14.5 Å². The molecule has 0 saturated carbocycles. The summed E-state index contributed by atoms with van der Waals surface area (Å²) in [6, 6.07) is 15.5. The monoisotopic (exact) mass is 473 g/mol. The molecule has 0 bridgehead atoms. The maximum atomic E-state index is 12.8. The van der Waals surface area contributed by atoms with Gasteiger partial charge in [-0.2, -0.15) is 5.10 Å². The van der Waals surface area contributed by atoms with Gasteiger partial charge in [-0.3, -0.25) is 9.59 Å². The van der Waals surface area contributed by atoms with Crippen molar-refractivity contribution in [3.63, 3.8) is 0 Å². The van der Waals surface area contributed by atoms with Crippen molar-refractivity contribution in [3.05, 3.63) is 95.8 Å². The normalized spacial score (nSPS) is 10.6. The van der Waals surface area contributed by atoms with E-state index in [4.69, 9.17) is 9.15 Å². The Kier molecular flexibility index (Phi) is 7.01. The topological polar surface area (TPSA) is 120 Å². The maximum Gasteiger partial charge on any atom is 0.342 e. The van der Waals surface area contributed by atoms with Gasteiger partial charge in [0.2, 0.25) is 0 Å². The first-order valence-electron chi connectivity index (χ1n) is 10.7. The Balaban J connectivity index is 1.40. The maximum absolute atomic E-state index is 12.8. The number of esters is 1. The number of hydrogen-bond acceptors (Lipinski definition) is 7. The summed E-state index contributed by atoms with van der Waals surface area (Å²) in [6.45, 7) is 1.41. The molecule has 0 aliphatic heterocycles. The van der Waals surface area contributed by atoms with Crippen molar-refractivity contribution >= 4 is 23.5 Å². The molecule has 35 heavy (non-hydrogen) atoms. The smallest absolute Gasteiger partial charge is 0.342 e. The van der Waals surface area contributed by atoms with E-state index in [1.54, 1.807) is 61.7 Å². The lowest BCUT2D eigenvalue weighted by Gasteiger charge is -2.20. The van der Waals surface area contributed by atoms with Gasteiger partial charge in [0.25, 0.3) is 11.8 Å². The minimum atomic E-state index is -0.684. The van der Waals surface area contributed by atoms with Crippen molar-refractivity contribution < 1.29 is 23.5 Å². The predicted molar refractivity (Wildman–Crippen MR) is 126 cm³/mol. The number of para-hydroxylation sites is 1. The molecule has 0 saturated heterocycles. The van der Waals surface area contributed by atoms with Gasteiger partial charge in [0.05, 0.1) is 35.9 Å². The van der Waals surface area contributed by atoms with Crippen molar-refractivity contribution in [1.82, 2.24) is 20.1 Å². The molecule has 0 fully saturated rings. The molecule has 2 amide bonds. The van der Waals surface area contributed by atoms with Gasteiger partial charge in [-0.15, -0.1) is 0 Å². The minimum absolute atomic E-state index is 0.209. The molecule has 4 rings (SSSR count). The number of nitrogens with one attached hydrogen (secondary N) is 1. The Hall–Kier alpha value is -4.73. The highest BCUT2D eigenvalue weighted by Gasteiger charge is 2.22. The molecule has 10 nitrogen and oxygen atoms in total. The number of carbonyl (C=O) groups excluding carboxylic acids is 3. The molecule has 0 unspecified atom stereocenters. The van der Waals surface area contributed by atoms with Crippen LogP contribution in [0.25, 0.3) is 5.82 Å². The van der Waals surface area contributed by atoms with Gasteiger partial charge in [0.1, 0.15) is 11.3 Å². The first-order valence-corrected chi connectivity index (χ1v) is 10.7. The van der Waals surface area contributed by atoms with Gasteiger partial charge in [0, 0.05) is 13.2 Å². The Morgan fingerprint density at radius 3 is 2.60 bits per heavy atom. The summed E-state index contributed by atoms with van der Waals surface area (Å²) in [5, 5.41) is 6.95. The Labute approximate surface area is 201 Å². The van der Waals surface area contributed by atoms with Crippen LogP contribution in [-0.4, -0.2) is 46.2 Å². The summed E-state index contributed by atoms with van der Waals surface area (Å²) in [7, 11) is 1.51. The molecule has 1 aromatic carbocycles. The van der Waals surface area contributed by atoms with Crippen molar-refractivity contribution in [2.45, 2.75) is 13.5 Å². The highest BCUT2D eigenvalue weighted by molar-refractivity contribution is 6.05. The number of amides is 2. The molecule has 4 aromatic rings. The Morgan fingerprint density at radius 2 is 1.86 bits per heavy atom. The summed E-state index contributed by atoms with van der Waals surface area (Å²) in [4.78, 5) is 43.6. The number of rotatable bonds is 8. The number of anilines is 1. The second-order valence-corrected chi connectivity index (χ2v) is 7.55. The first kappa shape index (κ1) is 23.4. The summed E-state index contributed by atoms with van der Waals surface area (Å²) in [6.07, 6.45) is 4.52. The van der Waals surface area contributed by atoms with Crippen LogP contribution >= 0.6 is 0 Å². The van der Waals surface area contributed by atoms with Gasteiger partial charge in [0.15, 0.2) is 12.4 Å². The lowest BCUT2D eigenvalue weighted by Crippen LogP contribution is -2.33. The third-order valence-electron chi connectivity index (χ3n) is 5.31. The SMILES string of the molecule is Cc1c(C(=O)OCC(=O)N(C)c2ccccc2C(=O)NCc2ccco2)cnn1-c1ccccn1. The molecule has 0 spiro atoms. The number of ether oxygens (including phenoxy) is 1. The lowest BCUT2D eigenvalue weighted by molar-refractivity contribution is -0.121. The predicted octanol–water partition coefficient (Wildman–Crippen LogP) is 2.92. The standard InChI is InChI=1S/C25H23N5O5/c1-17-20(15-28-30(17)22-11-5-6-12-26-22)25(33)35-16-23(31)29(2)21-10-4-3-9-19(21)24(32)27-14-18-8-7-13-34-18/h3-13,15H,14,16H2,1-2H3,(H,27,32). The van der Waals surface area contributed by atoms with Crippen LogP contribution < -0.4 is 10.2 Å². The second kappa shape index (κ2) is 10.5. The summed E-state index contributed by atoms with van der Waals surface area (Å²) in [5.41, 5.74) is 1.44. The Morgan fingerprint density at radius 1 is 1.06 bits per heavy atom. The van der Waals surface area contributed by atoms with E-state index in [0.29, 0.717) is 28.5 Å². The minimum Gasteiger partial charge on any atom is -0.467 e. The third-order valence-corrected chi connectivity index (χ3v) is 5.31. The van der Waals surface area contributed by atoms with E-state index in [9.17, 15) is 14.4 Å². The quantitative estimate of drug-likeness (QED) is 0.391. The number of nitrogens with zero attached hydrogens (tertiary/aromatic N) is 4. The van der Waals surface area contributed by atoms with E-state index in [1.807, 2.05) is 6.07 Å². The van der Waals surface area contributed by atoms with Crippen LogP contribution in [0.4, 0.5) is 5.69 Å². The zero-order chi connectivity index (χ0) is 24.8. The fourth-order valence-electron chi connectivity index (χ4n) is 3.39. The van der Waals surface area contributed by atoms with Crippen molar-refractivity contribution in [3.8, 4) is 5.82 Å². The van der Waals surface area contributed by atoms with E-state index < -0.39 is 18.5 Å². The van der Waals surface area contributed by atoms with E-state index >= 15 is 0 Å². The van der Waals surface area contributed by atoms with E-state index in [2.05, 4.69) is 15.4 Å². The van der Waals surface area contributed by atoms with Crippen LogP contribution in [0.3, 0.4) is 0 Å². The molecular formula is C25H23N5O5. The van der Waals surface area contributed by atoms with Crippen LogP contribution in [-0.2, 0) is 16.1 Å². The molecule has 1 N–H and O–H groups in total. The van der Waals surface area contributed by atoms with Crippen LogP contribution in [0.2, 0.25) is 0 Å². The average Bonchev–Trinajstić information content (AvgIpc) is 3.55. The zero-order valence-electron chi connectivity index (χ0n) is 19.2. The summed E-state index contributed by atoms with van der Waals surface area (Å²) in [5.74, 6) is -0.392. The van der Waals surface area contributed by atoms with Gasteiger partial charge < -0.3 is 19.4 Å². The largest absolute Gasteiger partial charge is 0.467 e. The van der Waals surface area contributed by atoms with Crippen LogP contribution in [0.1, 0.15) is 32.2 Å². The van der Waals surface area contributed by atoms with Crippen molar-refractivity contribution in [2.75, 3.05) is 18.6 Å². The number of pyridine rings is 1. The molecule has 0 aliphatic carbocycles. The number of likely N-dealkylation sites (N-methyl/N-ethyl adjacent to an activating group) is 1. The van der Waals surface area contributed by atoms with Crippen molar-refractivity contribution in [2.24, 2.45) is 0 Å². The van der Waals surface area contributed by atoms with Crippen LogP contribution in [0.15, 0.2) is 77.7 Å². The highest BCUT2D eigenvalue weighted by Crippen LogP contribution is 2.20. The number of benzene rings is 1. The fourth-order valence-corrected chi connectivity index (χ4v) is 3.39. The number of aromatic nitrogens is 3. The molecule has 3 aromatic heterocycles. The molecular weight excluding hydrogens is 450 g/mol. The molecule has 3 heterocycles. The summed E-state index contributed by atoms with van der Waals surface area (Å²) >= 11 is 0. The van der Waals surface area contributed by atoms with E-state index in [-0.39, 0.29) is 18.0 Å². The zero-order valence-corrected chi connectivity index (χ0v) is 19.2. The molecule has 178 valence electrons. The van der Waals surface area contributed by atoms with E-state index in [1.165, 1.54) is 29.1 Å². The average molecular weight is 473 g/mol. The highest BCUT2D eigenvalue weighted by atomic mass is 16.5.